The van der Waals surface area contributed by atoms with Crippen LogP contribution >= 0.6 is 0 Å². The van der Waals surface area contributed by atoms with Crippen LogP contribution in [0.3, 0.4) is 0 Å². The molecule has 0 spiro atoms. The van der Waals surface area contributed by atoms with Crippen LogP contribution < -0.4 is 0 Å². The Bertz CT molecular complexity index is 2960. The number of para-hydroxylation sites is 4. The number of hydrogen-bond donors (Lipinski definition) is 0. The third-order valence-corrected chi connectivity index (χ3v) is 10.7. The average molecular weight is 635 g/mol. The van der Waals surface area contributed by atoms with Crippen molar-refractivity contribution in [2.24, 2.45) is 0 Å². The highest BCUT2D eigenvalue weighted by molar-refractivity contribution is 6.23. The van der Waals surface area contributed by atoms with Gasteiger partial charge in [-0.2, -0.15) is 0 Å². The molecule has 0 bridgehead atoms. The van der Waals surface area contributed by atoms with E-state index in [4.69, 9.17) is 0 Å². The predicted octanol–water partition coefficient (Wildman–Crippen LogP) is 12.9. The van der Waals surface area contributed by atoms with Crippen molar-refractivity contribution in [1.82, 2.24) is 9.13 Å². The summed E-state index contributed by atoms with van der Waals surface area (Å²) in [5.74, 6) is 0. The average Bonchev–Trinajstić information content (AvgIpc) is 3.67. The van der Waals surface area contributed by atoms with Crippen molar-refractivity contribution in [3.63, 3.8) is 0 Å². The molecule has 232 valence electrons. The van der Waals surface area contributed by atoms with Gasteiger partial charge in [0, 0.05) is 43.9 Å². The van der Waals surface area contributed by atoms with Crippen LogP contribution in [0.25, 0.3) is 99.5 Å². The molecule has 0 aliphatic carbocycles. The largest absolute Gasteiger partial charge is 0.309 e. The molecule has 8 aromatic carbocycles. The fourth-order valence-corrected chi connectivity index (χ4v) is 8.52. The summed E-state index contributed by atoms with van der Waals surface area (Å²) >= 11 is 0. The molecule has 10 aromatic rings. The Morgan fingerprint density at radius 3 is 1.74 bits per heavy atom. The van der Waals surface area contributed by atoms with E-state index >= 15 is 0 Å². The zero-order valence-corrected chi connectivity index (χ0v) is 27.2. The lowest BCUT2D eigenvalue weighted by atomic mass is 9.90. The Morgan fingerprint density at radius 1 is 0.320 bits per heavy atom. The molecule has 0 amide bonds. The monoisotopic (exact) mass is 634 g/mol. The molecule has 1 aliphatic rings. The van der Waals surface area contributed by atoms with E-state index in [1.54, 1.807) is 0 Å². The summed E-state index contributed by atoms with van der Waals surface area (Å²) in [5, 5.41) is 5.13. The van der Waals surface area contributed by atoms with Crippen molar-refractivity contribution in [1.29, 1.82) is 0 Å². The Hall–Kier alpha value is -6.64. The number of benzene rings is 8. The zero-order valence-electron chi connectivity index (χ0n) is 27.2. The van der Waals surface area contributed by atoms with Gasteiger partial charge < -0.3 is 9.13 Å². The maximum Gasteiger partial charge on any atom is 0.0619 e. The van der Waals surface area contributed by atoms with E-state index in [0.717, 1.165) is 5.69 Å². The highest BCUT2D eigenvalue weighted by atomic mass is 15.0. The van der Waals surface area contributed by atoms with Crippen LogP contribution in [0.5, 0.6) is 0 Å². The Balaban J connectivity index is 1.15. The van der Waals surface area contributed by atoms with E-state index in [0.29, 0.717) is 0 Å². The molecule has 0 unspecified atom stereocenters. The molecular formula is C48H30N2. The van der Waals surface area contributed by atoms with Crippen molar-refractivity contribution in [2.75, 3.05) is 0 Å². The number of rotatable bonds is 3. The molecule has 0 saturated carbocycles. The van der Waals surface area contributed by atoms with Gasteiger partial charge in [0.05, 0.1) is 27.8 Å². The molecule has 3 heterocycles. The minimum atomic E-state index is 1.15. The van der Waals surface area contributed by atoms with Gasteiger partial charge in [-0.05, 0) is 70.3 Å². The Morgan fingerprint density at radius 2 is 0.920 bits per heavy atom. The van der Waals surface area contributed by atoms with Gasteiger partial charge in [0.15, 0.2) is 0 Å². The third kappa shape index (κ3) is 3.79. The number of fused-ring (bicyclic) bond motifs is 12. The fraction of sp³-hybridized carbons (Fsp3) is 0. The standard InChI is InChI=1S/C48H30N2/c1-2-12-31(13-3-1)33-14-10-15-34(30-33)32-24-26-35(27-25-32)49-43-22-8-6-18-41(43)47-45(49)29-28-37-39-20-11-19-38-36-16-4-7-21-42(36)50(48(38)39)44-23-9-5-17-40(44)46(37)47/h1-30H. The number of hydrogen-bond acceptors (Lipinski definition) is 0. The topological polar surface area (TPSA) is 9.86 Å². The first-order valence-electron chi connectivity index (χ1n) is 17.3. The van der Waals surface area contributed by atoms with Crippen molar-refractivity contribution < 1.29 is 0 Å². The van der Waals surface area contributed by atoms with E-state index in [1.165, 1.54) is 93.8 Å². The second-order valence-electron chi connectivity index (χ2n) is 13.3. The molecule has 2 heteroatoms. The summed E-state index contributed by atoms with van der Waals surface area (Å²) in [6, 6.07) is 66.7. The minimum absolute atomic E-state index is 1.15. The van der Waals surface area contributed by atoms with Gasteiger partial charge in [0.25, 0.3) is 0 Å². The summed E-state index contributed by atoms with van der Waals surface area (Å²) in [6.07, 6.45) is 0. The molecule has 2 aromatic heterocycles. The van der Waals surface area contributed by atoms with Crippen molar-refractivity contribution in [3.05, 3.63) is 182 Å². The van der Waals surface area contributed by atoms with Gasteiger partial charge >= 0.3 is 0 Å². The molecule has 1 aliphatic heterocycles. The lowest BCUT2D eigenvalue weighted by Gasteiger charge is -2.15. The second-order valence-corrected chi connectivity index (χ2v) is 13.3. The third-order valence-electron chi connectivity index (χ3n) is 10.7. The van der Waals surface area contributed by atoms with Crippen LogP contribution in [0.15, 0.2) is 182 Å². The summed E-state index contributed by atoms with van der Waals surface area (Å²) in [7, 11) is 0. The Labute approximate surface area is 289 Å². The van der Waals surface area contributed by atoms with E-state index in [1.807, 2.05) is 0 Å². The fourth-order valence-electron chi connectivity index (χ4n) is 8.52. The molecule has 50 heavy (non-hydrogen) atoms. The molecule has 11 rings (SSSR count). The van der Waals surface area contributed by atoms with Crippen molar-refractivity contribution >= 4 is 43.6 Å². The van der Waals surface area contributed by atoms with Crippen LogP contribution in [0.1, 0.15) is 0 Å². The van der Waals surface area contributed by atoms with Crippen LogP contribution in [0.4, 0.5) is 0 Å². The zero-order chi connectivity index (χ0) is 32.8. The van der Waals surface area contributed by atoms with Crippen molar-refractivity contribution in [2.45, 2.75) is 0 Å². The molecule has 2 nitrogen and oxygen atoms in total. The highest BCUT2D eigenvalue weighted by Gasteiger charge is 2.27. The first-order valence-corrected chi connectivity index (χ1v) is 17.3. The van der Waals surface area contributed by atoms with Crippen LogP contribution in [-0.2, 0) is 0 Å². The van der Waals surface area contributed by atoms with Gasteiger partial charge in [0.2, 0.25) is 0 Å². The van der Waals surface area contributed by atoms with Crippen molar-refractivity contribution in [3.8, 4) is 55.9 Å². The smallest absolute Gasteiger partial charge is 0.0619 e. The minimum Gasteiger partial charge on any atom is -0.309 e. The SMILES string of the molecule is c1ccc(-c2cccc(-c3ccc(-n4c5ccccc5c5c6c(ccc54)-c4cccc5c7ccccc7n(c45)-c4ccccc4-6)cc3)c2)cc1. The lowest BCUT2D eigenvalue weighted by Crippen LogP contribution is -1.96. The molecule has 0 fully saturated rings. The van der Waals surface area contributed by atoms with Crippen LogP contribution in [-0.4, -0.2) is 9.13 Å². The highest BCUT2D eigenvalue weighted by Crippen LogP contribution is 2.50. The van der Waals surface area contributed by atoms with E-state index in [-0.39, 0.29) is 0 Å². The summed E-state index contributed by atoms with van der Waals surface area (Å²) < 4.78 is 4.94. The van der Waals surface area contributed by atoms with Crippen LogP contribution in [0, 0.1) is 0 Å². The van der Waals surface area contributed by atoms with Gasteiger partial charge in [-0.15, -0.1) is 0 Å². The summed E-state index contributed by atoms with van der Waals surface area (Å²) in [6.45, 7) is 0. The second kappa shape index (κ2) is 10.4. The quantitative estimate of drug-likeness (QED) is 0.183. The number of nitrogens with zero attached hydrogens (tertiary/aromatic N) is 2. The van der Waals surface area contributed by atoms with Gasteiger partial charge in [-0.1, -0.05) is 140 Å². The molecular weight excluding hydrogens is 605 g/mol. The molecule has 0 N–H and O–H groups in total. The maximum atomic E-state index is 2.49. The molecule has 0 radical (unpaired) electrons. The normalized spacial score (nSPS) is 12.0. The maximum absolute atomic E-state index is 2.49. The number of aromatic nitrogens is 2. The first-order chi connectivity index (χ1) is 24.8. The summed E-state index contributed by atoms with van der Waals surface area (Å²) in [5.41, 5.74) is 17.3. The van der Waals surface area contributed by atoms with E-state index < -0.39 is 0 Å². The van der Waals surface area contributed by atoms with Gasteiger partial charge in [-0.25, -0.2) is 0 Å². The molecule has 0 saturated heterocycles. The summed E-state index contributed by atoms with van der Waals surface area (Å²) in [4.78, 5) is 0. The first kappa shape index (κ1) is 27.3. The van der Waals surface area contributed by atoms with Crippen LogP contribution in [0.2, 0.25) is 0 Å². The van der Waals surface area contributed by atoms with E-state index in [2.05, 4.69) is 191 Å². The van der Waals surface area contributed by atoms with E-state index in [9.17, 15) is 0 Å². The predicted molar refractivity (Wildman–Crippen MR) is 210 cm³/mol. The van der Waals surface area contributed by atoms with Gasteiger partial charge in [-0.3, -0.25) is 0 Å². The lowest BCUT2D eigenvalue weighted by molar-refractivity contribution is 1.18. The molecule has 0 atom stereocenters. The van der Waals surface area contributed by atoms with Gasteiger partial charge in [0.1, 0.15) is 0 Å². The Kier molecular flexibility index (Phi) is 5.70.